The van der Waals surface area contributed by atoms with E-state index in [4.69, 9.17) is 11.6 Å². The number of benzene rings is 1. The quantitative estimate of drug-likeness (QED) is 0.740. The molecule has 1 aromatic carbocycles. The third-order valence-electron chi connectivity index (χ3n) is 2.43. The predicted octanol–water partition coefficient (Wildman–Crippen LogP) is 3.56. The highest BCUT2D eigenvalue weighted by atomic mass is 35.5. The summed E-state index contributed by atoms with van der Waals surface area (Å²) in [6.45, 7) is 0. The van der Waals surface area contributed by atoms with E-state index < -0.39 is 5.82 Å². The summed E-state index contributed by atoms with van der Waals surface area (Å²) in [5.74, 6) is 0.623. The molecule has 1 heterocycles. The number of carbonyl (C=O) groups excluding carboxylic acids is 1. The summed E-state index contributed by atoms with van der Waals surface area (Å²) < 4.78 is 12.9. The third kappa shape index (κ3) is 2.34. The lowest BCUT2D eigenvalue weighted by atomic mass is 10.1. The molecular weight excluding hydrogens is 235 g/mol. The zero-order valence-electron chi connectivity index (χ0n) is 8.00. The maximum absolute atomic E-state index is 12.9. The molecule has 0 radical (unpaired) electrons. The number of hydrogen-bond donors (Lipinski definition) is 0. The van der Waals surface area contributed by atoms with Crippen LogP contribution in [0.15, 0.2) is 18.2 Å². The van der Waals surface area contributed by atoms with Crippen LogP contribution in [0.25, 0.3) is 0 Å². The fraction of sp³-hybridized carbons (Fsp3) is 0.364. The molecule has 0 aromatic heterocycles. The number of Topliss-reactive ketones (excluding diaryl/α,β-unsaturated/α-hetero) is 1. The highest BCUT2D eigenvalue weighted by Crippen LogP contribution is 2.29. The molecule has 0 bridgehead atoms. The van der Waals surface area contributed by atoms with Crippen molar-refractivity contribution in [2.75, 3.05) is 5.75 Å². The highest BCUT2D eigenvalue weighted by Gasteiger charge is 2.24. The van der Waals surface area contributed by atoms with Gasteiger partial charge in [0.25, 0.3) is 0 Å². The van der Waals surface area contributed by atoms with Crippen LogP contribution in [0, 0.1) is 5.82 Å². The molecule has 1 aromatic rings. The molecule has 1 atom stereocenters. The van der Waals surface area contributed by atoms with E-state index in [1.807, 2.05) is 0 Å². The van der Waals surface area contributed by atoms with Crippen LogP contribution < -0.4 is 0 Å². The van der Waals surface area contributed by atoms with Crippen LogP contribution in [0.3, 0.4) is 0 Å². The monoisotopic (exact) mass is 244 g/mol. The van der Waals surface area contributed by atoms with Gasteiger partial charge in [0.05, 0.1) is 10.3 Å². The number of halogens is 2. The second kappa shape index (κ2) is 4.54. The van der Waals surface area contributed by atoms with E-state index in [1.54, 1.807) is 11.8 Å². The van der Waals surface area contributed by atoms with Crippen LogP contribution in [-0.4, -0.2) is 16.8 Å². The maximum atomic E-state index is 12.9. The summed E-state index contributed by atoms with van der Waals surface area (Å²) in [4.78, 5) is 11.9. The average Bonchev–Trinajstić information content (AvgIpc) is 2.74. The van der Waals surface area contributed by atoms with Gasteiger partial charge in [-0.25, -0.2) is 4.39 Å². The van der Waals surface area contributed by atoms with E-state index in [2.05, 4.69) is 0 Å². The number of carbonyl (C=O) groups is 1. The standard InChI is InChI=1S/C11H10ClFOS/c12-8-6-7(3-4-9(8)13)11(14)10-2-1-5-15-10/h3-4,6,10H,1-2,5H2. The van der Waals surface area contributed by atoms with E-state index in [1.165, 1.54) is 18.2 Å². The molecule has 0 spiro atoms. The van der Waals surface area contributed by atoms with Crippen LogP contribution in [0.2, 0.25) is 5.02 Å². The van der Waals surface area contributed by atoms with E-state index in [0.29, 0.717) is 5.56 Å². The number of hydrogen-bond acceptors (Lipinski definition) is 2. The number of rotatable bonds is 2. The molecule has 1 aliphatic heterocycles. The number of thioether (sulfide) groups is 1. The average molecular weight is 245 g/mol. The van der Waals surface area contributed by atoms with Gasteiger partial charge in [-0.05, 0) is 36.8 Å². The summed E-state index contributed by atoms with van der Waals surface area (Å²) in [5, 5.41) is 0.0513. The van der Waals surface area contributed by atoms with Gasteiger partial charge in [-0.1, -0.05) is 11.6 Å². The molecule has 0 aliphatic carbocycles. The lowest BCUT2D eigenvalue weighted by Gasteiger charge is -2.07. The second-order valence-corrected chi connectivity index (χ2v) is 5.21. The van der Waals surface area contributed by atoms with Crippen molar-refractivity contribution in [1.82, 2.24) is 0 Å². The minimum atomic E-state index is -0.479. The molecule has 0 N–H and O–H groups in total. The largest absolute Gasteiger partial charge is 0.293 e. The molecule has 0 amide bonds. The van der Waals surface area contributed by atoms with Gasteiger partial charge >= 0.3 is 0 Å². The van der Waals surface area contributed by atoms with Gasteiger partial charge in [0.1, 0.15) is 5.82 Å². The van der Waals surface area contributed by atoms with Gasteiger partial charge in [0.2, 0.25) is 0 Å². The first kappa shape index (κ1) is 11.0. The molecule has 15 heavy (non-hydrogen) atoms. The fourth-order valence-corrected chi connectivity index (χ4v) is 3.04. The fourth-order valence-electron chi connectivity index (χ4n) is 1.62. The van der Waals surface area contributed by atoms with Crippen LogP contribution in [0.5, 0.6) is 0 Å². The molecule has 1 aliphatic rings. The van der Waals surface area contributed by atoms with E-state index in [0.717, 1.165) is 18.6 Å². The minimum absolute atomic E-state index is 0.0175. The topological polar surface area (TPSA) is 17.1 Å². The van der Waals surface area contributed by atoms with Crippen molar-refractivity contribution in [3.05, 3.63) is 34.6 Å². The number of ketones is 1. The Morgan fingerprint density at radius 2 is 2.33 bits per heavy atom. The first-order valence-electron chi connectivity index (χ1n) is 4.79. The summed E-state index contributed by atoms with van der Waals surface area (Å²) in [7, 11) is 0. The lowest BCUT2D eigenvalue weighted by molar-refractivity contribution is 0.0988. The smallest absolute Gasteiger partial charge is 0.175 e. The Labute approximate surface area is 97.0 Å². The second-order valence-electron chi connectivity index (χ2n) is 3.49. The van der Waals surface area contributed by atoms with Gasteiger partial charge < -0.3 is 0 Å². The molecule has 1 fully saturated rings. The Balaban J connectivity index is 2.21. The summed E-state index contributed by atoms with van der Waals surface area (Å²) in [5.41, 5.74) is 0.515. The summed E-state index contributed by atoms with van der Waals surface area (Å²) in [6, 6.07) is 4.16. The van der Waals surface area contributed by atoms with Gasteiger partial charge in [0, 0.05) is 5.56 Å². The Morgan fingerprint density at radius 3 is 2.93 bits per heavy atom. The Kier molecular flexibility index (Phi) is 3.32. The molecular formula is C11H10ClFOS. The molecule has 2 rings (SSSR count). The molecule has 1 nitrogen and oxygen atoms in total. The van der Waals surface area contributed by atoms with Crippen LogP contribution in [-0.2, 0) is 0 Å². The van der Waals surface area contributed by atoms with Crippen LogP contribution >= 0.6 is 23.4 Å². The van der Waals surface area contributed by atoms with Crippen molar-refractivity contribution >= 4 is 29.1 Å². The summed E-state index contributed by atoms with van der Waals surface area (Å²) in [6.07, 6.45) is 1.99. The maximum Gasteiger partial charge on any atom is 0.175 e. The lowest BCUT2D eigenvalue weighted by Crippen LogP contribution is -2.14. The Bertz CT molecular complexity index is 388. The minimum Gasteiger partial charge on any atom is -0.293 e. The van der Waals surface area contributed by atoms with E-state index in [-0.39, 0.29) is 16.1 Å². The Hall–Kier alpha value is -0.540. The van der Waals surface area contributed by atoms with E-state index in [9.17, 15) is 9.18 Å². The van der Waals surface area contributed by atoms with E-state index >= 15 is 0 Å². The highest BCUT2D eigenvalue weighted by molar-refractivity contribution is 8.00. The van der Waals surface area contributed by atoms with Crippen molar-refractivity contribution in [2.24, 2.45) is 0 Å². The Morgan fingerprint density at radius 1 is 1.53 bits per heavy atom. The van der Waals surface area contributed by atoms with Gasteiger partial charge in [-0.15, -0.1) is 0 Å². The predicted molar refractivity (Wildman–Crippen MR) is 61.2 cm³/mol. The van der Waals surface area contributed by atoms with Crippen molar-refractivity contribution in [1.29, 1.82) is 0 Å². The third-order valence-corrected chi connectivity index (χ3v) is 4.09. The zero-order valence-corrected chi connectivity index (χ0v) is 9.58. The molecule has 0 saturated carbocycles. The van der Waals surface area contributed by atoms with Crippen molar-refractivity contribution in [2.45, 2.75) is 18.1 Å². The van der Waals surface area contributed by atoms with Crippen molar-refractivity contribution < 1.29 is 9.18 Å². The molecule has 1 saturated heterocycles. The SMILES string of the molecule is O=C(c1ccc(F)c(Cl)c1)C1CCCS1. The summed E-state index contributed by atoms with van der Waals surface area (Å²) >= 11 is 7.30. The first-order valence-corrected chi connectivity index (χ1v) is 6.22. The van der Waals surface area contributed by atoms with Gasteiger partial charge in [0.15, 0.2) is 5.78 Å². The van der Waals surface area contributed by atoms with Crippen LogP contribution in [0.1, 0.15) is 23.2 Å². The molecule has 80 valence electrons. The van der Waals surface area contributed by atoms with Crippen LogP contribution in [0.4, 0.5) is 4.39 Å². The van der Waals surface area contributed by atoms with Crippen molar-refractivity contribution in [3.8, 4) is 0 Å². The normalized spacial score (nSPS) is 20.5. The molecule has 4 heteroatoms. The zero-order chi connectivity index (χ0) is 10.8. The van der Waals surface area contributed by atoms with Gasteiger partial charge in [-0.3, -0.25) is 4.79 Å². The molecule has 1 unspecified atom stereocenters. The first-order chi connectivity index (χ1) is 7.18. The van der Waals surface area contributed by atoms with Crippen molar-refractivity contribution in [3.63, 3.8) is 0 Å². The van der Waals surface area contributed by atoms with Gasteiger partial charge in [-0.2, -0.15) is 11.8 Å².